The molecule has 1 unspecified atom stereocenters. The molecule has 0 radical (unpaired) electrons. The molecular weight excluding hydrogens is 456 g/mol. The minimum absolute atomic E-state index is 0.0368. The average molecular weight is 489 g/mol. The molecule has 2 aromatic rings. The zero-order valence-electron chi connectivity index (χ0n) is 19.4. The summed E-state index contributed by atoms with van der Waals surface area (Å²) in [5, 5.41) is 3.88. The molecule has 0 spiro atoms. The molecule has 3 rings (SSSR count). The SMILES string of the molecule is CCC(C(=O)NC1CCCC1)N(Cc1cccc(OC)c1)C(=O)CSCc1ccc(Cl)cc1. The fourth-order valence-electron chi connectivity index (χ4n) is 4.17. The first-order valence-corrected chi connectivity index (χ1v) is 13.1. The quantitative estimate of drug-likeness (QED) is 0.457. The Labute approximate surface area is 206 Å². The van der Waals surface area contributed by atoms with E-state index in [1.807, 2.05) is 55.5 Å². The molecule has 1 N–H and O–H groups in total. The van der Waals surface area contributed by atoms with Crippen LogP contribution in [0.1, 0.15) is 50.2 Å². The van der Waals surface area contributed by atoms with Crippen molar-refractivity contribution in [2.75, 3.05) is 12.9 Å². The van der Waals surface area contributed by atoms with E-state index in [-0.39, 0.29) is 17.9 Å². The molecule has 0 bridgehead atoms. The Kier molecular flexibility index (Phi) is 9.95. The van der Waals surface area contributed by atoms with Gasteiger partial charge in [-0.25, -0.2) is 0 Å². The Balaban J connectivity index is 1.71. The topological polar surface area (TPSA) is 58.6 Å². The van der Waals surface area contributed by atoms with E-state index in [1.54, 1.807) is 23.8 Å². The third kappa shape index (κ3) is 7.68. The molecule has 1 aliphatic rings. The van der Waals surface area contributed by atoms with Crippen molar-refractivity contribution < 1.29 is 14.3 Å². The predicted octanol–water partition coefficient (Wildman–Crippen LogP) is 5.45. The van der Waals surface area contributed by atoms with E-state index in [0.717, 1.165) is 42.6 Å². The van der Waals surface area contributed by atoms with E-state index in [1.165, 1.54) is 0 Å². The maximum absolute atomic E-state index is 13.4. The van der Waals surface area contributed by atoms with Gasteiger partial charge in [-0.1, -0.05) is 55.6 Å². The first-order valence-electron chi connectivity index (χ1n) is 11.5. The third-order valence-corrected chi connectivity index (χ3v) is 7.22. The van der Waals surface area contributed by atoms with E-state index in [9.17, 15) is 9.59 Å². The van der Waals surface area contributed by atoms with Crippen molar-refractivity contribution in [3.63, 3.8) is 0 Å². The zero-order valence-corrected chi connectivity index (χ0v) is 21.0. The van der Waals surface area contributed by atoms with Gasteiger partial charge in [0, 0.05) is 23.4 Å². The lowest BCUT2D eigenvalue weighted by Crippen LogP contribution is -2.51. The van der Waals surface area contributed by atoms with E-state index in [0.29, 0.717) is 29.5 Å². The van der Waals surface area contributed by atoms with Crippen molar-refractivity contribution in [1.82, 2.24) is 10.2 Å². The number of rotatable bonds is 11. The van der Waals surface area contributed by atoms with Crippen LogP contribution < -0.4 is 10.1 Å². The van der Waals surface area contributed by atoms with Crippen LogP contribution in [0.25, 0.3) is 0 Å². The summed E-state index contributed by atoms with van der Waals surface area (Å²) in [5.74, 6) is 1.66. The third-order valence-electron chi connectivity index (χ3n) is 5.98. The van der Waals surface area contributed by atoms with Gasteiger partial charge in [0.05, 0.1) is 12.9 Å². The smallest absolute Gasteiger partial charge is 0.243 e. The van der Waals surface area contributed by atoms with Crippen LogP contribution in [0.2, 0.25) is 5.02 Å². The molecule has 1 aliphatic carbocycles. The first-order chi connectivity index (χ1) is 16.0. The number of hydrogen-bond acceptors (Lipinski definition) is 4. The van der Waals surface area contributed by atoms with Crippen LogP contribution in [-0.4, -0.2) is 41.7 Å². The first kappa shape index (κ1) is 25.4. The summed E-state index contributed by atoms with van der Waals surface area (Å²) in [6.07, 6.45) is 4.90. The number of halogens is 1. The lowest BCUT2D eigenvalue weighted by molar-refractivity contribution is -0.139. The van der Waals surface area contributed by atoms with Crippen LogP contribution in [-0.2, 0) is 21.9 Å². The highest BCUT2D eigenvalue weighted by Crippen LogP contribution is 2.22. The van der Waals surface area contributed by atoms with Crippen LogP contribution in [0.15, 0.2) is 48.5 Å². The van der Waals surface area contributed by atoms with Gasteiger partial charge in [-0.15, -0.1) is 11.8 Å². The van der Waals surface area contributed by atoms with E-state index in [4.69, 9.17) is 16.3 Å². The number of carbonyl (C=O) groups excluding carboxylic acids is 2. The number of benzene rings is 2. The fraction of sp³-hybridized carbons (Fsp3) is 0.462. The van der Waals surface area contributed by atoms with Crippen molar-refractivity contribution in [1.29, 1.82) is 0 Å². The molecule has 1 atom stereocenters. The molecule has 0 saturated heterocycles. The van der Waals surface area contributed by atoms with Gasteiger partial charge in [-0.2, -0.15) is 0 Å². The van der Waals surface area contributed by atoms with Gasteiger partial charge in [0.15, 0.2) is 0 Å². The van der Waals surface area contributed by atoms with Gasteiger partial charge >= 0.3 is 0 Å². The summed E-state index contributed by atoms with van der Waals surface area (Å²) in [6, 6.07) is 15.0. The minimum atomic E-state index is -0.500. The molecule has 33 heavy (non-hydrogen) atoms. The van der Waals surface area contributed by atoms with Gasteiger partial charge in [0.2, 0.25) is 11.8 Å². The molecule has 178 valence electrons. The Morgan fingerprint density at radius 2 is 1.88 bits per heavy atom. The molecule has 1 saturated carbocycles. The number of thioether (sulfide) groups is 1. The summed E-state index contributed by atoms with van der Waals surface area (Å²) in [6.45, 7) is 2.33. The second-order valence-corrected chi connectivity index (χ2v) is 9.83. The maximum atomic E-state index is 13.4. The van der Waals surface area contributed by atoms with Crippen LogP contribution in [0, 0.1) is 0 Å². The highest BCUT2D eigenvalue weighted by atomic mass is 35.5. The lowest BCUT2D eigenvalue weighted by Gasteiger charge is -2.31. The highest BCUT2D eigenvalue weighted by molar-refractivity contribution is 7.99. The summed E-state index contributed by atoms with van der Waals surface area (Å²) in [4.78, 5) is 28.3. The average Bonchev–Trinajstić information content (AvgIpc) is 3.33. The van der Waals surface area contributed by atoms with E-state index >= 15 is 0 Å². The number of hydrogen-bond donors (Lipinski definition) is 1. The van der Waals surface area contributed by atoms with E-state index < -0.39 is 6.04 Å². The van der Waals surface area contributed by atoms with Gasteiger partial charge < -0.3 is 15.0 Å². The predicted molar refractivity (Wildman–Crippen MR) is 136 cm³/mol. The standard InChI is InChI=1S/C26H33ClN2O3S/c1-3-24(26(31)28-22-8-4-5-9-22)29(16-20-7-6-10-23(15-20)32-2)25(30)18-33-17-19-11-13-21(27)14-12-19/h6-7,10-15,22,24H,3-5,8-9,16-18H2,1-2H3,(H,28,31). The number of ether oxygens (including phenoxy) is 1. The Morgan fingerprint density at radius 3 is 2.55 bits per heavy atom. The van der Waals surface area contributed by atoms with Gasteiger partial charge in [0.1, 0.15) is 11.8 Å². The molecule has 2 aromatic carbocycles. The summed E-state index contributed by atoms with van der Waals surface area (Å²) in [7, 11) is 1.62. The Bertz CT molecular complexity index is 916. The number of amides is 2. The molecule has 0 aliphatic heterocycles. The van der Waals surface area contributed by atoms with Crippen LogP contribution in [0.4, 0.5) is 0 Å². The van der Waals surface area contributed by atoms with Crippen molar-refractivity contribution >= 4 is 35.2 Å². The number of carbonyl (C=O) groups is 2. The summed E-state index contributed by atoms with van der Waals surface area (Å²) < 4.78 is 5.35. The van der Waals surface area contributed by atoms with Crippen LogP contribution in [0.3, 0.4) is 0 Å². The van der Waals surface area contributed by atoms with Gasteiger partial charge in [0.25, 0.3) is 0 Å². The normalized spacial score (nSPS) is 14.6. The highest BCUT2D eigenvalue weighted by Gasteiger charge is 2.30. The summed E-state index contributed by atoms with van der Waals surface area (Å²) in [5.41, 5.74) is 2.06. The number of methoxy groups -OCH3 is 1. The zero-order chi connectivity index (χ0) is 23.6. The molecule has 7 heteroatoms. The Morgan fingerprint density at radius 1 is 1.15 bits per heavy atom. The van der Waals surface area contributed by atoms with Crippen LogP contribution in [0.5, 0.6) is 5.75 Å². The molecule has 0 aromatic heterocycles. The molecular formula is C26H33ClN2O3S. The second-order valence-electron chi connectivity index (χ2n) is 8.41. The van der Waals surface area contributed by atoms with Crippen molar-refractivity contribution in [3.05, 3.63) is 64.7 Å². The molecule has 5 nitrogen and oxygen atoms in total. The lowest BCUT2D eigenvalue weighted by atomic mass is 10.1. The summed E-state index contributed by atoms with van der Waals surface area (Å²) >= 11 is 7.51. The van der Waals surface area contributed by atoms with Crippen molar-refractivity contribution in [2.45, 2.75) is 63.4 Å². The minimum Gasteiger partial charge on any atom is -0.497 e. The van der Waals surface area contributed by atoms with Crippen LogP contribution >= 0.6 is 23.4 Å². The van der Waals surface area contributed by atoms with Crippen molar-refractivity contribution in [2.24, 2.45) is 0 Å². The van der Waals surface area contributed by atoms with Crippen molar-refractivity contribution in [3.8, 4) is 5.75 Å². The Hall–Kier alpha value is -2.18. The monoisotopic (exact) mass is 488 g/mol. The molecule has 0 heterocycles. The number of nitrogens with zero attached hydrogens (tertiary/aromatic N) is 1. The maximum Gasteiger partial charge on any atom is 0.243 e. The van der Waals surface area contributed by atoms with E-state index in [2.05, 4.69) is 5.32 Å². The largest absolute Gasteiger partial charge is 0.497 e. The van der Waals surface area contributed by atoms with Gasteiger partial charge in [-0.05, 0) is 54.7 Å². The number of nitrogens with one attached hydrogen (secondary N) is 1. The molecule has 1 fully saturated rings. The molecule has 2 amide bonds. The second kappa shape index (κ2) is 12.9. The van der Waals surface area contributed by atoms with Gasteiger partial charge in [-0.3, -0.25) is 9.59 Å². The fourth-order valence-corrected chi connectivity index (χ4v) is 5.17.